The molecule has 0 atom stereocenters. The van der Waals surface area contributed by atoms with E-state index in [0.717, 1.165) is 17.8 Å². The first kappa shape index (κ1) is 16.1. The molecule has 6 heteroatoms. The standard InChI is InChI=1S/C18H20FN5/c1-11(2)8-21-18-22-9-15(13(4)23-18)12(3)14-7-16(19)17-20-5-6-24(17)10-14/h5-7,9-11H,3,8H2,1-2,4H3,(H,21,22,23). The Morgan fingerprint density at radius 1 is 1.38 bits per heavy atom. The van der Waals surface area contributed by atoms with Crippen LogP contribution in [0.15, 0.2) is 37.4 Å². The second-order valence-electron chi connectivity index (χ2n) is 6.18. The molecule has 3 rings (SSSR count). The predicted molar refractivity (Wildman–Crippen MR) is 93.4 cm³/mol. The molecule has 0 bridgehead atoms. The van der Waals surface area contributed by atoms with Crippen molar-refractivity contribution in [1.82, 2.24) is 19.4 Å². The molecule has 0 spiro atoms. The average molecular weight is 325 g/mol. The number of imidazole rings is 1. The molecule has 3 heterocycles. The van der Waals surface area contributed by atoms with Gasteiger partial charge in [-0.2, -0.15) is 0 Å². The molecule has 0 saturated carbocycles. The molecule has 124 valence electrons. The lowest BCUT2D eigenvalue weighted by Gasteiger charge is -2.12. The van der Waals surface area contributed by atoms with Crippen molar-refractivity contribution in [3.05, 3.63) is 60.1 Å². The van der Waals surface area contributed by atoms with E-state index in [1.807, 2.05) is 6.92 Å². The molecular weight excluding hydrogens is 305 g/mol. The maximum absolute atomic E-state index is 14.1. The van der Waals surface area contributed by atoms with Gasteiger partial charge < -0.3 is 9.72 Å². The highest BCUT2D eigenvalue weighted by atomic mass is 19.1. The molecule has 3 aromatic heterocycles. The molecule has 1 N–H and O–H groups in total. The van der Waals surface area contributed by atoms with Crippen molar-refractivity contribution in [1.29, 1.82) is 0 Å². The van der Waals surface area contributed by atoms with Crippen LogP contribution in [0.2, 0.25) is 0 Å². The highest BCUT2D eigenvalue weighted by molar-refractivity contribution is 5.79. The zero-order valence-electron chi connectivity index (χ0n) is 14.0. The summed E-state index contributed by atoms with van der Waals surface area (Å²) in [5.41, 5.74) is 3.24. The van der Waals surface area contributed by atoms with Crippen molar-refractivity contribution >= 4 is 17.2 Å². The molecule has 0 amide bonds. The van der Waals surface area contributed by atoms with E-state index in [4.69, 9.17) is 0 Å². The molecule has 5 nitrogen and oxygen atoms in total. The Hall–Kier alpha value is -2.76. The van der Waals surface area contributed by atoms with Gasteiger partial charge in [-0.1, -0.05) is 20.4 Å². The van der Waals surface area contributed by atoms with Gasteiger partial charge in [-0.15, -0.1) is 0 Å². The van der Waals surface area contributed by atoms with Crippen LogP contribution in [0.4, 0.5) is 10.3 Å². The van der Waals surface area contributed by atoms with Crippen molar-refractivity contribution in [3.63, 3.8) is 0 Å². The fraction of sp³-hybridized carbons (Fsp3) is 0.278. The summed E-state index contributed by atoms with van der Waals surface area (Å²) >= 11 is 0. The van der Waals surface area contributed by atoms with Crippen molar-refractivity contribution in [2.24, 2.45) is 5.92 Å². The van der Waals surface area contributed by atoms with Gasteiger partial charge in [-0.25, -0.2) is 19.3 Å². The normalized spacial score (nSPS) is 11.2. The molecule has 24 heavy (non-hydrogen) atoms. The highest BCUT2D eigenvalue weighted by Gasteiger charge is 2.12. The van der Waals surface area contributed by atoms with Crippen LogP contribution in [0, 0.1) is 18.7 Å². The third kappa shape index (κ3) is 3.13. The minimum Gasteiger partial charge on any atom is -0.354 e. The molecule has 0 saturated heterocycles. The molecular formula is C18H20FN5. The van der Waals surface area contributed by atoms with Gasteiger partial charge in [0.2, 0.25) is 5.95 Å². The quantitative estimate of drug-likeness (QED) is 0.777. The molecule has 0 aliphatic rings. The Bertz CT molecular complexity index is 898. The van der Waals surface area contributed by atoms with Gasteiger partial charge in [-0.05, 0) is 24.5 Å². The third-order valence-electron chi connectivity index (χ3n) is 3.76. The number of hydrogen-bond acceptors (Lipinski definition) is 4. The van der Waals surface area contributed by atoms with E-state index >= 15 is 0 Å². The van der Waals surface area contributed by atoms with E-state index in [2.05, 4.69) is 40.7 Å². The van der Waals surface area contributed by atoms with Gasteiger partial charge in [0.25, 0.3) is 0 Å². The van der Waals surface area contributed by atoms with Crippen LogP contribution >= 0.6 is 0 Å². The summed E-state index contributed by atoms with van der Waals surface area (Å²) in [5.74, 6) is 0.717. The third-order valence-corrected chi connectivity index (χ3v) is 3.76. The van der Waals surface area contributed by atoms with Crippen LogP contribution in [0.3, 0.4) is 0 Å². The van der Waals surface area contributed by atoms with Gasteiger partial charge in [-0.3, -0.25) is 0 Å². The minimum absolute atomic E-state index is 0.299. The number of nitrogens with one attached hydrogen (secondary N) is 1. The Labute approximate surface area is 140 Å². The lowest BCUT2D eigenvalue weighted by molar-refractivity contribution is 0.629. The van der Waals surface area contributed by atoms with Crippen LogP contribution in [0.1, 0.15) is 30.7 Å². The van der Waals surface area contributed by atoms with Gasteiger partial charge >= 0.3 is 0 Å². The SMILES string of the molecule is C=C(c1cc(F)c2nccn2c1)c1cnc(NCC(C)C)nc1C. The highest BCUT2D eigenvalue weighted by Crippen LogP contribution is 2.25. The smallest absolute Gasteiger partial charge is 0.222 e. The minimum atomic E-state index is -0.382. The van der Waals surface area contributed by atoms with Crippen molar-refractivity contribution in [3.8, 4) is 0 Å². The molecule has 0 fully saturated rings. The maximum Gasteiger partial charge on any atom is 0.222 e. The van der Waals surface area contributed by atoms with E-state index < -0.39 is 0 Å². The van der Waals surface area contributed by atoms with Crippen molar-refractivity contribution in [2.75, 3.05) is 11.9 Å². The van der Waals surface area contributed by atoms with Crippen molar-refractivity contribution in [2.45, 2.75) is 20.8 Å². The number of hydrogen-bond donors (Lipinski definition) is 1. The Balaban J connectivity index is 1.91. The van der Waals surface area contributed by atoms with Gasteiger partial charge in [0.15, 0.2) is 11.5 Å². The van der Waals surface area contributed by atoms with Gasteiger partial charge in [0, 0.05) is 42.5 Å². The molecule has 0 radical (unpaired) electrons. The van der Waals surface area contributed by atoms with Crippen LogP contribution in [0.5, 0.6) is 0 Å². The lowest BCUT2D eigenvalue weighted by atomic mass is 10.0. The number of nitrogens with zero attached hydrogens (tertiary/aromatic N) is 4. The van der Waals surface area contributed by atoms with Crippen LogP contribution < -0.4 is 5.32 Å². The Morgan fingerprint density at radius 3 is 2.88 bits per heavy atom. The molecule has 0 aliphatic carbocycles. The summed E-state index contributed by atoms with van der Waals surface area (Å²) in [5, 5.41) is 3.20. The maximum atomic E-state index is 14.1. The number of anilines is 1. The number of fused-ring (bicyclic) bond motifs is 1. The lowest BCUT2D eigenvalue weighted by Crippen LogP contribution is -2.11. The molecule has 0 aliphatic heterocycles. The predicted octanol–water partition coefficient (Wildman–Crippen LogP) is 3.70. The summed E-state index contributed by atoms with van der Waals surface area (Å²) in [7, 11) is 0. The van der Waals surface area contributed by atoms with E-state index in [1.165, 1.54) is 6.07 Å². The Morgan fingerprint density at radius 2 is 2.17 bits per heavy atom. The van der Waals surface area contributed by atoms with Crippen LogP contribution in [-0.2, 0) is 0 Å². The zero-order chi connectivity index (χ0) is 17.3. The second-order valence-corrected chi connectivity index (χ2v) is 6.18. The summed E-state index contributed by atoms with van der Waals surface area (Å²) in [6.07, 6.45) is 6.80. The van der Waals surface area contributed by atoms with Gasteiger partial charge in [0.05, 0.1) is 5.69 Å². The number of aryl methyl sites for hydroxylation is 1. The number of aromatic nitrogens is 4. The number of halogens is 1. The summed E-state index contributed by atoms with van der Waals surface area (Å²) in [6.45, 7) is 11.0. The van der Waals surface area contributed by atoms with Gasteiger partial charge in [0.1, 0.15) is 0 Å². The summed E-state index contributed by atoms with van der Waals surface area (Å²) in [6, 6.07) is 1.44. The number of rotatable bonds is 5. The zero-order valence-corrected chi connectivity index (χ0v) is 14.0. The molecule has 3 aromatic rings. The summed E-state index contributed by atoms with van der Waals surface area (Å²) < 4.78 is 15.8. The first-order chi connectivity index (χ1) is 11.5. The fourth-order valence-electron chi connectivity index (χ4n) is 2.45. The van der Waals surface area contributed by atoms with E-state index in [0.29, 0.717) is 28.6 Å². The topological polar surface area (TPSA) is 55.1 Å². The number of pyridine rings is 1. The van der Waals surface area contributed by atoms with E-state index in [1.54, 1.807) is 29.2 Å². The Kier molecular flexibility index (Phi) is 4.29. The van der Waals surface area contributed by atoms with E-state index in [-0.39, 0.29) is 5.82 Å². The largest absolute Gasteiger partial charge is 0.354 e. The fourth-order valence-corrected chi connectivity index (χ4v) is 2.45. The van der Waals surface area contributed by atoms with Crippen LogP contribution in [-0.4, -0.2) is 25.9 Å². The molecule has 0 unspecified atom stereocenters. The van der Waals surface area contributed by atoms with Crippen LogP contribution in [0.25, 0.3) is 11.2 Å². The first-order valence-corrected chi connectivity index (χ1v) is 7.85. The summed E-state index contributed by atoms with van der Waals surface area (Å²) in [4.78, 5) is 12.8. The monoisotopic (exact) mass is 325 g/mol. The average Bonchev–Trinajstić information content (AvgIpc) is 3.01. The van der Waals surface area contributed by atoms with Crippen molar-refractivity contribution < 1.29 is 4.39 Å². The first-order valence-electron chi connectivity index (χ1n) is 7.85. The second kappa shape index (κ2) is 6.39. The van der Waals surface area contributed by atoms with E-state index in [9.17, 15) is 4.39 Å². The molecule has 0 aromatic carbocycles.